The Morgan fingerprint density at radius 2 is 1.79 bits per heavy atom. The van der Waals surface area contributed by atoms with Crippen LogP contribution in [0, 0.1) is 5.82 Å². The van der Waals surface area contributed by atoms with Crippen molar-refractivity contribution in [2.24, 2.45) is 0 Å². The Balaban J connectivity index is 1.55. The van der Waals surface area contributed by atoms with Gasteiger partial charge in [0.1, 0.15) is 11.6 Å². The molecule has 0 amide bonds. The van der Waals surface area contributed by atoms with Crippen LogP contribution >= 0.6 is 0 Å². The van der Waals surface area contributed by atoms with Crippen LogP contribution in [-0.4, -0.2) is 30.7 Å². The fraction of sp³-hybridized carbons (Fsp3) is 0.238. The second-order valence-electron chi connectivity index (χ2n) is 6.08. The Morgan fingerprint density at radius 3 is 2.57 bits per heavy atom. The molecule has 0 atom stereocenters. The van der Waals surface area contributed by atoms with Crippen LogP contribution in [0.1, 0.15) is 11.1 Å². The molecular formula is C21H23FN4O2. The van der Waals surface area contributed by atoms with Crippen molar-refractivity contribution in [3.8, 4) is 11.5 Å². The van der Waals surface area contributed by atoms with Crippen molar-refractivity contribution < 1.29 is 13.9 Å². The van der Waals surface area contributed by atoms with Crippen molar-refractivity contribution in [1.29, 1.82) is 0 Å². The molecule has 6 nitrogen and oxygen atoms in total. The van der Waals surface area contributed by atoms with Crippen molar-refractivity contribution in [2.75, 3.05) is 31.4 Å². The van der Waals surface area contributed by atoms with E-state index >= 15 is 0 Å². The molecule has 1 heterocycles. The maximum Gasteiger partial charge on any atom is 0.224 e. The Labute approximate surface area is 163 Å². The van der Waals surface area contributed by atoms with Gasteiger partial charge < -0.3 is 20.1 Å². The third kappa shape index (κ3) is 5.09. The average molecular weight is 382 g/mol. The Morgan fingerprint density at radius 1 is 0.964 bits per heavy atom. The van der Waals surface area contributed by atoms with Gasteiger partial charge in [0.15, 0.2) is 11.5 Å². The van der Waals surface area contributed by atoms with E-state index in [1.807, 2.05) is 24.3 Å². The molecule has 0 aliphatic rings. The Bertz CT molecular complexity index is 920. The van der Waals surface area contributed by atoms with Gasteiger partial charge in [0, 0.05) is 19.3 Å². The summed E-state index contributed by atoms with van der Waals surface area (Å²) in [6, 6.07) is 14.3. The van der Waals surface area contributed by atoms with E-state index in [0.29, 0.717) is 48.3 Å². The van der Waals surface area contributed by atoms with Gasteiger partial charge in [0.25, 0.3) is 0 Å². The SMILES string of the molecule is COc1ccc(CNc2ccnc(NCCc3ccccc3F)n2)cc1OC. The number of nitrogens with zero attached hydrogens (tertiary/aromatic N) is 2. The quantitative estimate of drug-likeness (QED) is 0.585. The largest absolute Gasteiger partial charge is 0.493 e. The van der Waals surface area contributed by atoms with Gasteiger partial charge in [0.2, 0.25) is 5.95 Å². The van der Waals surface area contributed by atoms with E-state index in [1.165, 1.54) is 6.07 Å². The zero-order valence-electron chi connectivity index (χ0n) is 15.9. The van der Waals surface area contributed by atoms with E-state index < -0.39 is 0 Å². The molecule has 0 bridgehead atoms. The summed E-state index contributed by atoms with van der Waals surface area (Å²) in [6.07, 6.45) is 2.23. The zero-order valence-corrected chi connectivity index (χ0v) is 15.9. The number of nitrogens with one attached hydrogen (secondary N) is 2. The van der Waals surface area contributed by atoms with E-state index in [9.17, 15) is 4.39 Å². The number of rotatable bonds is 9. The number of hydrogen-bond acceptors (Lipinski definition) is 6. The number of benzene rings is 2. The van der Waals surface area contributed by atoms with E-state index in [1.54, 1.807) is 38.6 Å². The van der Waals surface area contributed by atoms with Gasteiger partial charge >= 0.3 is 0 Å². The Kier molecular flexibility index (Phi) is 6.62. The van der Waals surface area contributed by atoms with Gasteiger partial charge in [-0.2, -0.15) is 4.98 Å². The molecule has 0 spiro atoms. The van der Waals surface area contributed by atoms with E-state index in [4.69, 9.17) is 9.47 Å². The van der Waals surface area contributed by atoms with Gasteiger partial charge in [-0.3, -0.25) is 0 Å². The standard InChI is InChI=1S/C21H23FN4O2/c1-27-18-8-7-15(13-19(18)28-2)14-25-20-10-12-24-21(26-20)23-11-9-16-5-3-4-6-17(16)22/h3-8,10,12-13H,9,11,14H2,1-2H3,(H2,23,24,25,26). The zero-order chi connectivity index (χ0) is 19.8. The second kappa shape index (κ2) is 9.55. The number of methoxy groups -OCH3 is 2. The summed E-state index contributed by atoms with van der Waals surface area (Å²) >= 11 is 0. The molecule has 0 fully saturated rings. The van der Waals surface area contributed by atoms with Crippen LogP contribution in [0.2, 0.25) is 0 Å². The highest BCUT2D eigenvalue weighted by molar-refractivity contribution is 5.45. The van der Waals surface area contributed by atoms with Crippen LogP contribution in [0.3, 0.4) is 0 Å². The monoisotopic (exact) mass is 382 g/mol. The minimum absolute atomic E-state index is 0.199. The van der Waals surface area contributed by atoms with Crippen LogP contribution in [0.5, 0.6) is 11.5 Å². The smallest absolute Gasteiger partial charge is 0.224 e. The number of aromatic nitrogens is 2. The van der Waals surface area contributed by atoms with E-state index in [-0.39, 0.29) is 5.82 Å². The molecule has 1 aromatic heterocycles. The maximum absolute atomic E-state index is 13.7. The highest BCUT2D eigenvalue weighted by atomic mass is 19.1. The van der Waals surface area contributed by atoms with Gasteiger partial charge in [0.05, 0.1) is 14.2 Å². The molecule has 3 aromatic rings. The summed E-state index contributed by atoms with van der Waals surface area (Å²) in [5, 5.41) is 6.39. The van der Waals surface area contributed by atoms with E-state index in [0.717, 1.165) is 5.56 Å². The lowest BCUT2D eigenvalue weighted by Gasteiger charge is -2.11. The van der Waals surface area contributed by atoms with Crippen LogP contribution in [-0.2, 0) is 13.0 Å². The molecule has 0 radical (unpaired) electrons. The fourth-order valence-electron chi connectivity index (χ4n) is 2.74. The first-order valence-corrected chi connectivity index (χ1v) is 8.94. The number of anilines is 2. The van der Waals surface area contributed by atoms with Gasteiger partial charge in [-0.15, -0.1) is 0 Å². The normalized spacial score (nSPS) is 10.4. The molecule has 2 N–H and O–H groups in total. The van der Waals surface area contributed by atoms with Crippen LogP contribution in [0.15, 0.2) is 54.7 Å². The first kappa shape index (κ1) is 19.4. The average Bonchev–Trinajstić information content (AvgIpc) is 2.73. The molecule has 0 aliphatic carbocycles. The maximum atomic E-state index is 13.7. The fourth-order valence-corrected chi connectivity index (χ4v) is 2.74. The van der Waals surface area contributed by atoms with Crippen LogP contribution < -0.4 is 20.1 Å². The second-order valence-corrected chi connectivity index (χ2v) is 6.08. The lowest BCUT2D eigenvalue weighted by Crippen LogP contribution is -2.10. The van der Waals surface area contributed by atoms with Crippen molar-refractivity contribution in [1.82, 2.24) is 9.97 Å². The lowest BCUT2D eigenvalue weighted by molar-refractivity contribution is 0.354. The summed E-state index contributed by atoms with van der Waals surface area (Å²) in [6.45, 7) is 1.12. The first-order valence-electron chi connectivity index (χ1n) is 8.94. The minimum atomic E-state index is -0.199. The highest BCUT2D eigenvalue weighted by Crippen LogP contribution is 2.27. The predicted molar refractivity (Wildman–Crippen MR) is 107 cm³/mol. The van der Waals surface area contributed by atoms with Crippen LogP contribution in [0.4, 0.5) is 16.2 Å². The molecule has 0 saturated carbocycles. The molecule has 2 aromatic carbocycles. The number of hydrogen-bond donors (Lipinski definition) is 2. The minimum Gasteiger partial charge on any atom is -0.493 e. The molecule has 146 valence electrons. The van der Waals surface area contributed by atoms with Crippen molar-refractivity contribution in [2.45, 2.75) is 13.0 Å². The van der Waals surface area contributed by atoms with Gasteiger partial charge in [-0.1, -0.05) is 24.3 Å². The summed E-state index contributed by atoms with van der Waals surface area (Å²) in [4.78, 5) is 8.64. The molecular weight excluding hydrogens is 359 g/mol. The summed E-state index contributed by atoms with van der Waals surface area (Å²) < 4.78 is 24.2. The molecule has 28 heavy (non-hydrogen) atoms. The summed E-state index contributed by atoms with van der Waals surface area (Å²) in [7, 11) is 3.22. The topological polar surface area (TPSA) is 68.3 Å². The molecule has 0 aliphatic heterocycles. The van der Waals surface area contributed by atoms with E-state index in [2.05, 4.69) is 20.6 Å². The molecule has 0 unspecified atom stereocenters. The summed E-state index contributed by atoms with van der Waals surface area (Å²) in [5.41, 5.74) is 1.70. The molecule has 0 saturated heterocycles. The van der Waals surface area contributed by atoms with Crippen LogP contribution in [0.25, 0.3) is 0 Å². The molecule has 3 rings (SSSR count). The highest BCUT2D eigenvalue weighted by Gasteiger charge is 2.06. The summed E-state index contributed by atoms with van der Waals surface area (Å²) in [5.74, 6) is 2.36. The van der Waals surface area contributed by atoms with Gasteiger partial charge in [-0.25, -0.2) is 9.37 Å². The number of ether oxygens (including phenoxy) is 2. The predicted octanol–water partition coefficient (Wildman–Crippen LogP) is 3.90. The third-order valence-corrected chi connectivity index (χ3v) is 4.21. The first-order chi connectivity index (χ1) is 13.7. The van der Waals surface area contributed by atoms with Gasteiger partial charge in [-0.05, 0) is 41.8 Å². The van der Waals surface area contributed by atoms with Crippen molar-refractivity contribution in [3.63, 3.8) is 0 Å². The van der Waals surface area contributed by atoms with Crippen molar-refractivity contribution >= 4 is 11.8 Å². The van der Waals surface area contributed by atoms with Crippen molar-refractivity contribution in [3.05, 3.63) is 71.7 Å². The molecule has 7 heteroatoms. The number of halogens is 1. The third-order valence-electron chi connectivity index (χ3n) is 4.21. The lowest BCUT2D eigenvalue weighted by atomic mass is 10.1. The Hall–Kier alpha value is -3.35.